The summed E-state index contributed by atoms with van der Waals surface area (Å²) in [5.41, 5.74) is 5.31. The first-order valence-corrected chi connectivity index (χ1v) is 19.0. The van der Waals surface area contributed by atoms with Gasteiger partial charge in [0.2, 0.25) is 0 Å². The van der Waals surface area contributed by atoms with Crippen molar-refractivity contribution in [2.45, 2.75) is 77.8 Å². The molecule has 0 radical (unpaired) electrons. The van der Waals surface area contributed by atoms with E-state index in [0.29, 0.717) is 61.4 Å². The number of carbonyl (C=O) groups excluding carboxylic acids is 2. The van der Waals surface area contributed by atoms with Crippen LogP contribution in [0.4, 0.5) is 4.79 Å². The van der Waals surface area contributed by atoms with Gasteiger partial charge in [-0.05, 0) is 83.4 Å². The summed E-state index contributed by atoms with van der Waals surface area (Å²) in [5, 5.41) is 9.01. The Kier molecular flexibility index (Phi) is 12.4. The van der Waals surface area contributed by atoms with Crippen LogP contribution in [0.5, 0.6) is 5.75 Å². The van der Waals surface area contributed by atoms with Crippen molar-refractivity contribution in [3.8, 4) is 16.9 Å². The molecule has 272 valence electrons. The molecule has 51 heavy (non-hydrogen) atoms. The van der Waals surface area contributed by atoms with Crippen LogP contribution in [0.15, 0.2) is 54.6 Å². The second-order valence-corrected chi connectivity index (χ2v) is 14.7. The van der Waals surface area contributed by atoms with E-state index >= 15 is 0 Å². The van der Waals surface area contributed by atoms with E-state index in [9.17, 15) is 9.59 Å². The molecule has 0 aliphatic rings. The Hall–Kier alpha value is -4.02. The molecule has 1 amide bonds. The fourth-order valence-electron chi connectivity index (χ4n) is 6.54. The first kappa shape index (κ1) is 38.2. The summed E-state index contributed by atoms with van der Waals surface area (Å²) in [6.45, 7) is 11.1. The van der Waals surface area contributed by atoms with Gasteiger partial charge in [-0.25, -0.2) is 9.59 Å². The van der Waals surface area contributed by atoms with Crippen molar-refractivity contribution < 1.29 is 23.8 Å². The van der Waals surface area contributed by atoms with Gasteiger partial charge >= 0.3 is 12.1 Å². The molecule has 0 spiro atoms. The molecule has 2 heterocycles. The van der Waals surface area contributed by atoms with Crippen LogP contribution in [0.2, 0.25) is 5.02 Å². The van der Waals surface area contributed by atoms with Gasteiger partial charge < -0.3 is 23.7 Å². The molecule has 5 rings (SSSR count). The van der Waals surface area contributed by atoms with Gasteiger partial charge in [0.05, 0.1) is 29.4 Å². The Labute approximate surface area is 313 Å². The largest absolute Gasteiger partial charge is 0.493 e. The van der Waals surface area contributed by atoms with Gasteiger partial charge in [0.1, 0.15) is 17.0 Å². The average molecular weight is 780 g/mol. The predicted molar refractivity (Wildman–Crippen MR) is 208 cm³/mol. The lowest BCUT2D eigenvalue weighted by atomic mass is 9.98. The topological polar surface area (TPSA) is 87.8 Å². The lowest BCUT2D eigenvalue weighted by Crippen LogP contribution is -2.34. The van der Waals surface area contributed by atoms with E-state index < -0.39 is 5.60 Å². The summed E-state index contributed by atoms with van der Waals surface area (Å²) in [7, 11) is 3.66. The predicted octanol–water partition coefficient (Wildman–Crippen LogP) is 9.89. The number of halogens is 2. The summed E-state index contributed by atoms with van der Waals surface area (Å²) in [6, 6.07) is 18.2. The van der Waals surface area contributed by atoms with Crippen LogP contribution in [0, 0.1) is 6.92 Å². The number of fused-ring (bicyclic) bond motifs is 2. The Morgan fingerprint density at radius 3 is 2.45 bits per heavy atom. The summed E-state index contributed by atoms with van der Waals surface area (Å²) in [5.74, 6) is 0.455. The molecule has 0 aliphatic heterocycles. The highest BCUT2D eigenvalue weighted by atomic mass is 79.9. The van der Waals surface area contributed by atoms with Crippen molar-refractivity contribution in [1.82, 2.24) is 19.2 Å². The van der Waals surface area contributed by atoms with E-state index in [1.807, 2.05) is 82.7 Å². The Morgan fingerprint density at radius 2 is 1.73 bits per heavy atom. The fraction of sp³-hybridized carbons (Fsp3) is 0.425. The number of amides is 1. The minimum Gasteiger partial charge on any atom is -0.493 e. The standard InChI is InChI=1S/C40H48BrClN4O5/c1-8-49-38(47)37-29(18-14-24-50-33-19-13-16-27-15-9-10-17-28(27)33)30-20-21-31(42)35(34-26(2)45(7)43-32(34)25-41)36(30)46(37)23-12-11-22-44(6)39(48)51-40(3,4)5/h9-10,13,15-17,19-21H,8,11-12,14,18,22-25H2,1-7H3. The normalized spacial score (nSPS) is 11.7. The molecule has 0 saturated carbocycles. The third-order valence-corrected chi connectivity index (χ3v) is 9.78. The van der Waals surface area contributed by atoms with Crippen molar-refractivity contribution in [3.05, 3.63) is 82.3 Å². The summed E-state index contributed by atoms with van der Waals surface area (Å²) < 4.78 is 21.5. The second-order valence-electron chi connectivity index (χ2n) is 13.7. The van der Waals surface area contributed by atoms with Crippen LogP contribution in [0.3, 0.4) is 0 Å². The van der Waals surface area contributed by atoms with Crippen LogP contribution in [-0.2, 0) is 34.8 Å². The number of rotatable bonds is 14. The first-order valence-electron chi connectivity index (χ1n) is 17.5. The van der Waals surface area contributed by atoms with Crippen molar-refractivity contribution in [2.24, 2.45) is 7.05 Å². The number of hydrogen-bond acceptors (Lipinski definition) is 6. The number of aryl methyl sites for hydroxylation is 3. The molecule has 0 N–H and O–H groups in total. The highest BCUT2D eigenvalue weighted by Crippen LogP contribution is 2.43. The quantitative estimate of drug-likeness (QED) is 0.0634. The van der Waals surface area contributed by atoms with E-state index in [-0.39, 0.29) is 18.7 Å². The fourth-order valence-corrected chi connectivity index (χ4v) is 7.18. The van der Waals surface area contributed by atoms with Crippen molar-refractivity contribution in [1.29, 1.82) is 0 Å². The van der Waals surface area contributed by atoms with Gasteiger partial charge in [0, 0.05) is 60.1 Å². The van der Waals surface area contributed by atoms with Crippen LogP contribution in [-0.4, -0.2) is 63.7 Å². The second kappa shape index (κ2) is 16.5. The maximum Gasteiger partial charge on any atom is 0.410 e. The molecule has 2 aromatic heterocycles. The number of aromatic nitrogens is 3. The molecule has 0 fully saturated rings. The molecule has 3 aromatic carbocycles. The van der Waals surface area contributed by atoms with E-state index in [1.54, 1.807) is 11.9 Å². The van der Waals surface area contributed by atoms with Crippen molar-refractivity contribution in [3.63, 3.8) is 0 Å². The summed E-state index contributed by atoms with van der Waals surface area (Å²) >= 11 is 10.7. The zero-order chi connectivity index (χ0) is 36.9. The summed E-state index contributed by atoms with van der Waals surface area (Å²) in [4.78, 5) is 28.2. The van der Waals surface area contributed by atoms with Gasteiger partial charge in [-0.3, -0.25) is 4.68 Å². The number of unbranched alkanes of at least 4 members (excludes halogenated alkanes) is 1. The zero-order valence-corrected chi connectivity index (χ0v) is 33.0. The minimum absolute atomic E-state index is 0.244. The third kappa shape index (κ3) is 8.55. The Balaban J connectivity index is 1.54. The van der Waals surface area contributed by atoms with Gasteiger partial charge in [-0.15, -0.1) is 0 Å². The van der Waals surface area contributed by atoms with E-state index in [1.165, 1.54) is 0 Å². The highest BCUT2D eigenvalue weighted by molar-refractivity contribution is 9.08. The molecule has 0 saturated heterocycles. The van der Waals surface area contributed by atoms with Gasteiger partial charge in [-0.2, -0.15) is 5.10 Å². The zero-order valence-electron chi connectivity index (χ0n) is 30.6. The third-order valence-electron chi connectivity index (χ3n) is 8.94. The Morgan fingerprint density at radius 1 is 0.980 bits per heavy atom. The number of hydrogen-bond donors (Lipinski definition) is 0. The molecule has 0 atom stereocenters. The summed E-state index contributed by atoms with van der Waals surface area (Å²) in [6.07, 6.45) is 2.28. The number of ether oxygens (including phenoxy) is 3. The van der Waals surface area contributed by atoms with Gasteiger partial charge in [-0.1, -0.05) is 70.0 Å². The SMILES string of the molecule is CCOC(=O)c1c(CCCOc2cccc3ccccc23)c2ccc(Cl)c(-c3c(CBr)nn(C)c3C)c2n1CCCCN(C)C(=O)OC(C)(C)C. The lowest BCUT2D eigenvalue weighted by Gasteiger charge is -2.24. The number of nitrogens with zero attached hydrogens (tertiary/aromatic N) is 4. The minimum atomic E-state index is -0.575. The van der Waals surface area contributed by atoms with Crippen molar-refractivity contribution >= 4 is 61.3 Å². The maximum absolute atomic E-state index is 13.9. The molecular formula is C40H48BrClN4O5. The number of carbonyl (C=O) groups is 2. The van der Waals surface area contributed by atoms with Crippen LogP contribution in [0.25, 0.3) is 32.8 Å². The lowest BCUT2D eigenvalue weighted by molar-refractivity contribution is 0.0296. The number of esters is 1. The Bertz CT molecular complexity index is 2020. The van der Waals surface area contributed by atoms with Gasteiger partial charge in [0.25, 0.3) is 0 Å². The van der Waals surface area contributed by atoms with E-state index in [4.69, 9.17) is 30.9 Å². The molecule has 11 heteroatoms. The average Bonchev–Trinajstić information content (AvgIpc) is 3.56. The van der Waals surface area contributed by atoms with Crippen molar-refractivity contribution in [2.75, 3.05) is 26.8 Å². The molecular weight excluding hydrogens is 732 g/mol. The highest BCUT2D eigenvalue weighted by Gasteiger charge is 2.29. The molecule has 0 bridgehead atoms. The van der Waals surface area contributed by atoms with Crippen LogP contribution < -0.4 is 4.74 Å². The smallest absolute Gasteiger partial charge is 0.410 e. The first-order chi connectivity index (χ1) is 24.4. The maximum atomic E-state index is 13.9. The molecule has 5 aromatic rings. The monoisotopic (exact) mass is 778 g/mol. The number of benzene rings is 3. The van der Waals surface area contributed by atoms with E-state index in [0.717, 1.165) is 55.5 Å². The number of alkyl halides is 1. The van der Waals surface area contributed by atoms with Crippen LogP contribution >= 0.6 is 27.5 Å². The van der Waals surface area contributed by atoms with Crippen LogP contribution in [0.1, 0.15) is 74.4 Å². The van der Waals surface area contributed by atoms with E-state index in [2.05, 4.69) is 38.7 Å². The molecule has 0 aliphatic carbocycles. The molecule has 9 nitrogen and oxygen atoms in total. The van der Waals surface area contributed by atoms with Gasteiger partial charge in [0.15, 0.2) is 0 Å². The molecule has 0 unspecified atom stereocenters.